The van der Waals surface area contributed by atoms with Crippen molar-refractivity contribution in [2.75, 3.05) is 5.32 Å². The maximum atomic E-state index is 13.3. The second-order valence-electron chi connectivity index (χ2n) is 6.67. The van der Waals surface area contributed by atoms with Gasteiger partial charge in [-0.3, -0.25) is 14.6 Å². The molecule has 1 aromatic carbocycles. The fourth-order valence-electron chi connectivity index (χ4n) is 2.82. The molecule has 0 aliphatic carbocycles. The fourth-order valence-corrected chi connectivity index (χ4v) is 2.82. The summed E-state index contributed by atoms with van der Waals surface area (Å²) in [5, 5.41) is 8.99. The first-order chi connectivity index (χ1) is 13.9. The molecule has 0 radical (unpaired) electrons. The molecule has 0 fully saturated rings. The van der Waals surface area contributed by atoms with E-state index < -0.39 is 17.9 Å². The SMILES string of the molecule is Cc1cc(NC(=O)[C@H](C)NC(=O)C(Cc2ccccn2)c2ccc(F)cc2)no1. The van der Waals surface area contributed by atoms with E-state index in [-0.39, 0.29) is 17.5 Å². The first-order valence-electron chi connectivity index (χ1n) is 9.12. The average Bonchev–Trinajstić information content (AvgIpc) is 3.12. The minimum Gasteiger partial charge on any atom is -0.360 e. The molecule has 2 amide bonds. The standard InChI is InChI=1S/C21H21FN4O3/c1-13-11-19(26-29-13)25-20(27)14(2)24-21(28)18(12-17-5-3-4-10-23-17)15-6-8-16(22)9-7-15/h3-11,14,18H,12H2,1-2H3,(H,24,28)(H,25,26,27)/t14-,18?/m0/s1. The summed E-state index contributed by atoms with van der Waals surface area (Å²) in [5.74, 6) is -0.971. The van der Waals surface area contributed by atoms with Crippen LogP contribution in [0.25, 0.3) is 0 Å². The van der Waals surface area contributed by atoms with Gasteiger partial charge in [0.05, 0.1) is 5.92 Å². The largest absolute Gasteiger partial charge is 0.360 e. The molecule has 3 aromatic rings. The number of pyridine rings is 1. The Morgan fingerprint density at radius 3 is 2.52 bits per heavy atom. The Bertz CT molecular complexity index is 973. The molecule has 7 nitrogen and oxygen atoms in total. The molecule has 2 atom stereocenters. The zero-order valence-corrected chi connectivity index (χ0v) is 16.1. The van der Waals surface area contributed by atoms with Gasteiger partial charge in [-0.15, -0.1) is 0 Å². The quantitative estimate of drug-likeness (QED) is 0.640. The van der Waals surface area contributed by atoms with Crippen LogP contribution in [0.2, 0.25) is 0 Å². The first kappa shape index (κ1) is 20.2. The first-order valence-corrected chi connectivity index (χ1v) is 9.12. The van der Waals surface area contributed by atoms with Gasteiger partial charge in [-0.25, -0.2) is 4.39 Å². The molecular weight excluding hydrogens is 375 g/mol. The van der Waals surface area contributed by atoms with E-state index in [0.29, 0.717) is 23.4 Å². The lowest BCUT2D eigenvalue weighted by Crippen LogP contribution is -2.44. The monoisotopic (exact) mass is 396 g/mol. The van der Waals surface area contributed by atoms with Gasteiger partial charge in [0.25, 0.3) is 0 Å². The number of nitrogens with one attached hydrogen (secondary N) is 2. The van der Waals surface area contributed by atoms with Gasteiger partial charge in [0, 0.05) is 24.4 Å². The Labute approximate surface area is 167 Å². The maximum absolute atomic E-state index is 13.3. The average molecular weight is 396 g/mol. The van der Waals surface area contributed by atoms with E-state index >= 15 is 0 Å². The molecule has 0 aliphatic heterocycles. The minimum absolute atomic E-state index is 0.275. The van der Waals surface area contributed by atoms with Crippen molar-refractivity contribution in [3.63, 3.8) is 0 Å². The normalized spacial score (nSPS) is 12.8. The smallest absolute Gasteiger partial charge is 0.247 e. The van der Waals surface area contributed by atoms with Crippen LogP contribution in [0.5, 0.6) is 0 Å². The highest BCUT2D eigenvalue weighted by Crippen LogP contribution is 2.21. The van der Waals surface area contributed by atoms with Gasteiger partial charge in [0.1, 0.15) is 17.6 Å². The molecular formula is C21H21FN4O3. The van der Waals surface area contributed by atoms with Gasteiger partial charge in [-0.2, -0.15) is 0 Å². The van der Waals surface area contributed by atoms with Crippen LogP contribution < -0.4 is 10.6 Å². The van der Waals surface area contributed by atoms with Gasteiger partial charge in [0.2, 0.25) is 11.8 Å². The number of anilines is 1. The fraction of sp³-hybridized carbons (Fsp3) is 0.238. The van der Waals surface area contributed by atoms with Crippen molar-refractivity contribution in [3.8, 4) is 0 Å². The van der Waals surface area contributed by atoms with E-state index in [1.54, 1.807) is 44.3 Å². The molecule has 2 aromatic heterocycles. The van der Waals surface area contributed by atoms with Gasteiger partial charge < -0.3 is 15.2 Å². The van der Waals surface area contributed by atoms with Crippen LogP contribution in [-0.2, 0) is 16.0 Å². The summed E-state index contributed by atoms with van der Waals surface area (Å²) in [6.07, 6.45) is 1.96. The van der Waals surface area contributed by atoms with Crippen molar-refractivity contribution in [1.29, 1.82) is 0 Å². The van der Waals surface area contributed by atoms with E-state index in [4.69, 9.17) is 4.52 Å². The van der Waals surface area contributed by atoms with Crippen LogP contribution in [-0.4, -0.2) is 28.0 Å². The van der Waals surface area contributed by atoms with Gasteiger partial charge in [0.15, 0.2) is 5.82 Å². The summed E-state index contributed by atoms with van der Waals surface area (Å²) in [6.45, 7) is 3.28. The Kier molecular flexibility index (Phi) is 6.33. The molecule has 0 aliphatic rings. The van der Waals surface area contributed by atoms with Crippen LogP contribution >= 0.6 is 0 Å². The van der Waals surface area contributed by atoms with Crippen molar-refractivity contribution >= 4 is 17.6 Å². The number of hydrogen-bond acceptors (Lipinski definition) is 5. The number of carbonyl (C=O) groups is 2. The van der Waals surface area contributed by atoms with Gasteiger partial charge in [-0.05, 0) is 43.7 Å². The minimum atomic E-state index is -0.814. The van der Waals surface area contributed by atoms with E-state index in [0.717, 1.165) is 0 Å². The third-order valence-electron chi connectivity index (χ3n) is 4.36. The summed E-state index contributed by atoms with van der Waals surface area (Å²) in [6, 6.07) is 11.9. The number of hydrogen-bond donors (Lipinski definition) is 2. The Hall–Kier alpha value is -3.55. The molecule has 0 saturated heterocycles. The zero-order chi connectivity index (χ0) is 20.8. The molecule has 29 heavy (non-hydrogen) atoms. The summed E-state index contributed by atoms with van der Waals surface area (Å²) in [5.41, 5.74) is 1.35. The van der Waals surface area contributed by atoms with Gasteiger partial charge >= 0.3 is 0 Å². The number of halogens is 1. The molecule has 2 N–H and O–H groups in total. The van der Waals surface area contributed by atoms with Crippen molar-refractivity contribution in [2.45, 2.75) is 32.2 Å². The molecule has 0 saturated carbocycles. The lowest BCUT2D eigenvalue weighted by atomic mass is 9.92. The van der Waals surface area contributed by atoms with Crippen LogP contribution in [0.1, 0.15) is 29.9 Å². The predicted molar refractivity (Wildman–Crippen MR) is 105 cm³/mol. The van der Waals surface area contributed by atoms with E-state index in [2.05, 4.69) is 20.8 Å². The summed E-state index contributed by atoms with van der Waals surface area (Å²) in [7, 11) is 0. The number of aryl methyl sites for hydroxylation is 1. The number of rotatable bonds is 7. The number of aromatic nitrogens is 2. The van der Waals surface area contributed by atoms with Crippen molar-refractivity contribution in [2.24, 2.45) is 0 Å². The van der Waals surface area contributed by atoms with Crippen LogP contribution in [0, 0.1) is 12.7 Å². The molecule has 1 unspecified atom stereocenters. The number of amides is 2. The Balaban J connectivity index is 1.73. The number of carbonyl (C=O) groups excluding carboxylic acids is 2. The highest BCUT2D eigenvalue weighted by Gasteiger charge is 2.25. The van der Waals surface area contributed by atoms with E-state index in [1.807, 2.05) is 12.1 Å². The lowest BCUT2D eigenvalue weighted by molar-refractivity contribution is -0.127. The van der Waals surface area contributed by atoms with Crippen molar-refractivity contribution < 1.29 is 18.5 Å². The lowest BCUT2D eigenvalue weighted by Gasteiger charge is -2.20. The molecule has 0 bridgehead atoms. The second-order valence-corrected chi connectivity index (χ2v) is 6.67. The van der Waals surface area contributed by atoms with E-state index in [9.17, 15) is 14.0 Å². The number of benzene rings is 1. The number of nitrogens with zero attached hydrogens (tertiary/aromatic N) is 2. The molecule has 0 spiro atoms. The Morgan fingerprint density at radius 1 is 1.14 bits per heavy atom. The third kappa shape index (κ3) is 5.47. The van der Waals surface area contributed by atoms with Crippen LogP contribution in [0.4, 0.5) is 10.2 Å². The topological polar surface area (TPSA) is 97.1 Å². The zero-order valence-electron chi connectivity index (χ0n) is 16.1. The summed E-state index contributed by atoms with van der Waals surface area (Å²) >= 11 is 0. The highest BCUT2D eigenvalue weighted by atomic mass is 19.1. The molecule has 8 heteroatoms. The molecule has 3 rings (SSSR count). The van der Waals surface area contributed by atoms with Crippen molar-refractivity contribution in [3.05, 3.63) is 77.6 Å². The van der Waals surface area contributed by atoms with Gasteiger partial charge in [-0.1, -0.05) is 23.4 Å². The summed E-state index contributed by atoms with van der Waals surface area (Å²) in [4.78, 5) is 29.6. The third-order valence-corrected chi connectivity index (χ3v) is 4.36. The van der Waals surface area contributed by atoms with E-state index in [1.165, 1.54) is 12.1 Å². The van der Waals surface area contributed by atoms with Crippen LogP contribution in [0.15, 0.2) is 59.3 Å². The molecule has 2 heterocycles. The Morgan fingerprint density at radius 2 is 1.90 bits per heavy atom. The van der Waals surface area contributed by atoms with Crippen LogP contribution in [0.3, 0.4) is 0 Å². The second kappa shape index (κ2) is 9.09. The highest BCUT2D eigenvalue weighted by molar-refractivity contribution is 5.97. The summed E-state index contributed by atoms with van der Waals surface area (Å²) < 4.78 is 18.2. The van der Waals surface area contributed by atoms with Crippen molar-refractivity contribution in [1.82, 2.24) is 15.5 Å². The molecule has 150 valence electrons. The predicted octanol–water partition coefficient (Wildman–Crippen LogP) is 2.99. The maximum Gasteiger partial charge on any atom is 0.247 e.